The van der Waals surface area contributed by atoms with Crippen molar-refractivity contribution < 1.29 is 14.3 Å². The normalized spacial score (nSPS) is 23.2. The molecular formula is C18H20N2O3. The van der Waals surface area contributed by atoms with Crippen LogP contribution in [0.3, 0.4) is 0 Å². The fraction of sp³-hybridized carbons (Fsp3) is 0.444. The maximum atomic E-state index is 12.4. The Morgan fingerprint density at radius 2 is 2.09 bits per heavy atom. The van der Waals surface area contributed by atoms with E-state index in [0.717, 1.165) is 24.8 Å². The molecule has 1 aromatic carbocycles. The summed E-state index contributed by atoms with van der Waals surface area (Å²) in [5, 5.41) is 12.3. The SMILES string of the molecule is C[C@@H]1CCCC[C@@H]1NC(=O)/C(C#N)=C/c1ccc2c(c1)OCO2. The van der Waals surface area contributed by atoms with E-state index in [9.17, 15) is 10.1 Å². The summed E-state index contributed by atoms with van der Waals surface area (Å²) in [4.78, 5) is 12.4. The molecule has 2 atom stereocenters. The molecule has 1 fully saturated rings. The van der Waals surface area contributed by atoms with Crippen molar-refractivity contribution >= 4 is 12.0 Å². The summed E-state index contributed by atoms with van der Waals surface area (Å²) in [5.74, 6) is 1.47. The quantitative estimate of drug-likeness (QED) is 0.688. The molecule has 0 unspecified atom stereocenters. The van der Waals surface area contributed by atoms with E-state index in [1.54, 1.807) is 24.3 Å². The van der Waals surface area contributed by atoms with Gasteiger partial charge in [-0.1, -0.05) is 25.8 Å². The lowest BCUT2D eigenvalue weighted by Crippen LogP contribution is -2.41. The first-order valence-electron chi connectivity index (χ1n) is 7.99. The Labute approximate surface area is 135 Å². The smallest absolute Gasteiger partial charge is 0.262 e. The van der Waals surface area contributed by atoms with Crippen LogP contribution in [0, 0.1) is 17.2 Å². The van der Waals surface area contributed by atoms with Gasteiger partial charge in [0, 0.05) is 6.04 Å². The highest BCUT2D eigenvalue weighted by atomic mass is 16.7. The van der Waals surface area contributed by atoms with Crippen molar-refractivity contribution in [1.82, 2.24) is 5.32 Å². The number of hydrogen-bond acceptors (Lipinski definition) is 4. The van der Waals surface area contributed by atoms with Crippen molar-refractivity contribution in [2.45, 2.75) is 38.6 Å². The zero-order valence-corrected chi connectivity index (χ0v) is 13.2. The van der Waals surface area contributed by atoms with Gasteiger partial charge in [-0.15, -0.1) is 0 Å². The molecule has 0 spiro atoms. The van der Waals surface area contributed by atoms with Crippen molar-refractivity contribution in [3.05, 3.63) is 29.3 Å². The van der Waals surface area contributed by atoms with Crippen molar-refractivity contribution in [2.24, 2.45) is 5.92 Å². The molecule has 3 rings (SSSR count). The zero-order valence-electron chi connectivity index (χ0n) is 13.2. The lowest BCUT2D eigenvalue weighted by Gasteiger charge is -2.29. The van der Waals surface area contributed by atoms with Gasteiger partial charge < -0.3 is 14.8 Å². The van der Waals surface area contributed by atoms with Crippen LogP contribution in [0.15, 0.2) is 23.8 Å². The number of rotatable bonds is 3. The number of nitrogens with zero attached hydrogens (tertiary/aromatic N) is 1. The second kappa shape index (κ2) is 6.74. The van der Waals surface area contributed by atoms with Gasteiger partial charge in [0.2, 0.25) is 6.79 Å². The van der Waals surface area contributed by atoms with Crippen LogP contribution in [0.4, 0.5) is 0 Å². The number of nitrogens with one attached hydrogen (secondary N) is 1. The molecule has 1 amide bonds. The maximum absolute atomic E-state index is 12.4. The minimum absolute atomic E-state index is 0.113. The average molecular weight is 312 g/mol. The van der Waals surface area contributed by atoms with Crippen LogP contribution in [0.25, 0.3) is 6.08 Å². The van der Waals surface area contributed by atoms with Crippen molar-refractivity contribution in [2.75, 3.05) is 6.79 Å². The van der Waals surface area contributed by atoms with Crippen LogP contribution in [-0.4, -0.2) is 18.7 Å². The number of nitriles is 1. The Hall–Kier alpha value is -2.48. The number of carbonyl (C=O) groups excluding carboxylic acids is 1. The van der Waals surface area contributed by atoms with Crippen molar-refractivity contribution in [3.8, 4) is 17.6 Å². The number of benzene rings is 1. The molecular weight excluding hydrogens is 292 g/mol. The summed E-state index contributed by atoms with van der Waals surface area (Å²) in [6.45, 7) is 2.35. The van der Waals surface area contributed by atoms with E-state index >= 15 is 0 Å². The molecule has 0 saturated heterocycles. The molecule has 1 aromatic rings. The first-order valence-corrected chi connectivity index (χ1v) is 7.99. The fourth-order valence-electron chi connectivity index (χ4n) is 3.10. The number of amides is 1. The Morgan fingerprint density at radius 1 is 1.30 bits per heavy atom. The second-order valence-corrected chi connectivity index (χ2v) is 6.12. The van der Waals surface area contributed by atoms with Gasteiger partial charge in [0.25, 0.3) is 5.91 Å². The van der Waals surface area contributed by atoms with Gasteiger partial charge in [0.15, 0.2) is 11.5 Å². The van der Waals surface area contributed by atoms with Gasteiger partial charge >= 0.3 is 0 Å². The van der Waals surface area contributed by atoms with E-state index in [0.29, 0.717) is 17.4 Å². The van der Waals surface area contributed by atoms with Gasteiger partial charge in [-0.2, -0.15) is 5.26 Å². The Kier molecular flexibility index (Phi) is 4.52. The molecule has 2 aliphatic rings. The van der Waals surface area contributed by atoms with Gasteiger partial charge in [-0.3, -0.25) is 4.79 Å². The molecule has 1 heterocycles. The predicted molar refractivity (Wildman–Crippen MR) is 85.7 cm³/mol. The molecule has 1 aliphatic carbocycles. The summed E-state index contributed by atoms with van der Waals surface area (Å²) >= 11 is 0. The Bertz CT molecular complexity index is 675. The Balaban J connectivity index is 1.73. The molecule has 23 heavy (non-hydrogen) atoms. The molecule has 1 saturated carbocycles. The fourth-order valence-corrected chi connectivity index (χ4v) is 3.10. The molecule has 5 heteroatoms. The number of carbonyl (C=O) groups is 1. The average Bonchev–Trinajstić information content (AvgIpc) is 3.02. The van der Waals surface area contributed by atoms with E-state index in [4.69, 9.17) is 9.47 Å². The summed E-state index contributed by atoms with van der Waals surface area (Å²) in [5.41, 5.74) is 0.860. The van der Waals surface area contributed by atoms with Gasteiger partial charge in [-0.05, 0) is 42.5 Å². The summed E-state index contributed by atoms with van der Waals surface area (Å²) in [6, 6.07) is 7.52. The number of fused-ring (bicyclic) bond motifs is 1. The van der Waals surface area contributed by atoms with Crippen LogP contribution in [0.2, 0.25) is 0 Å². The van der Waals surface area contributed by atoms with E-state index in [2.05, 4.69) is 12.2 Å². The van der Waals surface area contributed by atoms with E-state index < -0.39 is 0 Å². The zero-order chi connectivity index (χ0) is 16.2. The monoisotopic (exact) mass is 312 g/mol. The van der Waals surface area contributed by atoms with Gasteiger partial charge in [0.05, 0.1) is 0 Å². The standard InChI is InChI=1S/C18H20N2O3/c1-12-4-2-3-5-15(12)20-18(21)14(10-19)8-13-6-7-16-17(9-13)23-11-22-16/h6-9,12,15H,2-5,11H2,1H3,(H,20,21)/b14-8+/t12-,15+/m1/s1. The van der Waals surface area contributed by atoms with Gasteiger partial charge in [0.1, 0.15) is 11.6 Å². The number of ether oxygens (including phenoxy) is 2. The minimum atomic E-state index is -0.302. The first kappa shape index (κ1) is 15.4. The molecule has 0 radical (unpaired) electrons. The third-order valence-corrected chi connectivity index (χ3v) is 4.50. The van der Waals surface area contributed by atoms with Crippen LogP contribution >= 0.6 is 0 Å². The largest absolute Gasteiger partial charge is 0.454 e. The summed E-state index contributed by atoms with van der Waals surface area (Å²) < 4.78 is 10.6. The lowest BCUT2D eigenvalue weighted by molar-refractivity contribution is -0.118. The minimum Gasteiger partial charge on any atom is -0.454 e. The molecule has 5 nitrogen and oxygen atoms in total. The molecule has 1 N–H and O–H groups in total. The van der Waals surface area contributed by atoms with E-state index in [1.807, 2.05) is 6.07 Å². The summed E-state index contributed by atoms with van der Waals surface area (Å²) in [6.07, 6.45) is 6.04. The van der Waals surface area contributed by atoms with E-state index in [1.165, 1.54) is 6.42 Å². The van der Waals surface area contributed by atoms with E-state index in [-0.39, 0.29) is 24.3 Å². The number of hydrogen-bond donors (Lipinski definition) is 1. The third-order valence-electron chi connectivity index (χ3n) is 4.50. The third kappa shape index (κ3) is 3.48. The van der Waals surface area contributed by atoms with Crippen LogP contribution in [-0.2, 0) is 4.79 Å². The highest BCUT2D eigenvalue weighted by Crippen LogP contribution is 2.33. The second-order valence-electron chi connectivity index (χ2n) is 6.12. The summed E-state index contributed by atoms with van der Waals surface area (Å²) in [7, 11) is 0. The lowest BCUT2D eigenvalue weighted by atomic mass is 9.86. The van der Waals surface area contributed by atoms with Crippen LogP contribution in [0.1, 0.15) is 38.2 Å². The Morgan fingerprint density at radius 3 is 2.87 bits per heavy atom. The van der Waals surface area contributed by atoms with Crippen LogP contribution in [0.5, 0.6) is 11.5 Å². The van der Waals surface area contributed by atoms with Crippen molar-refractivity contribution in [1.29, 1.82) is 5.26 Å². The molecule has 0 bridgehead atoms. The van der Waals surface area contributed by atoms with Crippen molar-refractivity contribution in [3.63, 3.8) is 0 Å². The predicted octanol–water partition coefficient (Wildman–Crippen LogP) is 3.02. The molecule has 1 aliphatic heterocycles. The van der Waals surface area contributed by atoms with Crippen LogP contribution < -0.4 is 14.8 Å². The maximum Gasteiger partial charge on any atom is 0.262 e. The highest BCUT2D eigenvalue weighted by molar-refractivity contribution is 6.01. The first-order chi connectivity index (χ1) is 11.2. The highest BCUT2D eigenvalue weighted by Gasteiger charge is 2.24. The molecule has 120 valence electrons. The molecule has 0 aromatic heterocycles. The van der Waals surface area contributed by atoms with Gasteiger partial charge in [-0.25, -0.2) is 0 Å². The topological polar surface area (TPSA) is 71.4 Å².